The summed E-state index contributed by atoms with van der Waals surface area (Å²) in [5, 5.41) is 3.27. The zero-order chi connectivity index (χ0) is 15.4. The fourth-order valence-corrected chi connectivity index (χ4v) is 3.00. The maximum atomic E-state index is 11.9. The second kappa shape index (κ2) is 6.90. The molecule has 4 nitrogen and oxygen atoms in total. The summed E-state index contributed by atoms with van der Waals surface area (Å²) in [6, 6.07) is 0. The standard InChI is InChI=1S/C16H32N2O2/c1-7-17-16(5,14(19)20-6)9-11-18-10-8-13(12-18)15(2,3)4/h13,17H,7-12H2,1-6H3. The number of rotatable bonds is 6. The molecule has 1 N–H and O–H groups in total. The van der Waals surface area contributed by atoms with Gasteiger partial charge in [-0.15, -0.1) is 0 Å². The molecule has 20 heavy (non-hydrogen) atoms. The van der Waals surface area contributed by atoms with E-state index in [1.807, 2.05) is 13.8 Å². The molecule has 0 aromatic rings. The van der Waals surface area contributed by atoms with E-state index < -0.39 is 5.54 Å². The van der Waals surface area contributed by atoms with Gasteiger partial charge in [0.2, 0.25) is 0 Å². The van der Waals surface area contributed by atoms with E-state index in [1.165, 1.54) is 13.5 Å². The summed E-state index contributed by atoms with van der Waals surface area (Å²) in [4.78, 5) is 14.4. The quantitative estimate of drug-likeness (QED) is 0.760. The van der Waals surface area contributed by atoms with E-state index >= 15 is 0 Å². The van der Waals surface area contributed by atoms with Gasteiger partial charge in [-0.3, -0.25) is 4.79 Å². The first kappa shape index (κ1) is 17.4. The number of carbonyl (C=O) groups excluding carboxylic acids is 1. The zero-order valence-corrected chi connectivity index (χ0v) is 14.1. The van der Waals surface area contributed by atoms with Crippen molar-refractivity contribution < 1.29 is 9.53 Å². The molecule has 2 unspecified atom stereocenters. The molecule has 1 heterocycles. The van der Waals surface area contributed by atoms with Gasteiger partial charge in [0, 0.05) is 13.1 Å². The van der Waals surface area contributed by atoms with Crippen molar-refractivity contribution in [3.63, 3.8) is 0 Å². The summed E-state index contributed by atoms with van der Waals surface area (Å²) in [5.74, 6) is 0.594. The Morgan fingerprint density at radius 3 is 2.45 bits per heavy atom. The lowest BCUT2D eigenvalue weighted by Gasteiger charge is -2.30. The summed E-state index contributed by atoms with van der Waals surface area (Å²) < 4.78 is 4.94. The largest absolute Gasteiger partial charge is 0.468 e. The van der Waals surface area contributed by atoms with E-state index in [1.54, 1.807) is 0 Å². The molecule has 0 radical (unpaired) electrons. The smallest absolute Gasteiger partial charge is 0.325 e. The van der Waals surface area contributed by atoms with Crippen LogP contribution in [0.1, 0.15) is 47.5 Å². The van der Waals surface area contributed by atoms with Gasteiger partial charge in [-0.25, -0.2) is 0 Å². The molecule has 0 amide bonds. The lowest BCUT2D eigenvalue weighted by molar-refractivity contribution is -0.148. The second-order valence-electron chi connectivity index (χ2n) is 7.26. The molecule has 1 fully saturated rings. The fraction of sp³-hybridized carbons (Fsp3) is 0.938. The topological polar surface area (TPSA) is 41.6 Å². The van der Waals surface area contributed by atoms with Crippen molar-refractivity contribution in [2.45, 2.75) is 53.0 Å². The Morgan fingerprint density at radius 1 is 1.35 bits per heavy atom. The number of nitrogens with one attached hydrogen (secondary N) is 1. The van der Waals surface area contributed by atoms with E-state index in [-0.39, 0.29) is 5.97 Å². The van der Waals surface area contributed by atoms with Crippen LogP contribution in [0.15, 0.2) is 0 Å². The van der Waals surface area contributed by atoms with Gasteiger partial charge in [0.05, 0.1) is 7.11 Å². The van der Waals surface area contributed by atoms with Crippen molar-refractivity contribution in [2.75, 3.05) is 33.3 Å². The molecule has 2 atom stereocenters. The summed E-state index contributed by atoms with van der Waals surface area (Å²) >= 11 is 0. The third-order valence-electron chi connectivity index (χ3n) is 4.63. The highest BCUT2D eigenvalue weighted by atomic mass is 16.5. The van der Waals surface area contributed by atoms with Crippen molar-refractivity contribution in [3.8, 4) is 0 Å². The molecule has 0 aromatic heterocycles. The van der Waals surface area contributed by atoms with Crippen molar-refractivity contribution in [1.29, 1.82) is 0 Å². The molecule has 0 aliphatic carbocycles. The third kappa shape index (κ3) is 4.45. The predicted octanol–water partition coefficient (Wildman–Crippen LogP) is 2.29. The first-order valence-corrected chi connectivity index (χ1v) is 7.78. The maximum Gasteiger partial charge on any atom is 0.325 e. The lowest BCUT2D eigenvalue weighted by atomic mass is 9.80. The van der Waals surface area contributed by atoms with Crippen molar-refractivity contribution in [2.24, 2.45) is 11.3 Å². The van der Waals surface area contributed by atoms with Crippen LogP contribution in [0.5, 0.6) is 0 Å². The number of ether oxygens (including phenoxy) is 1. The van der Waals surface area contributed by atoms with Crippen LogP contribution >= 0.6 is 0 Å². The van der Waals surface area contributed by atoms with Gasteiger partial charge in [-0.05, 0) is 44.2 Å². The first-order chi connectivity index (χ1) is 9.23. The first-order valence-electron chi connectivity index (χ1n) is 7.78. The highest BCUT2D eigenvalue weighted by molar-refractivity contribution is 5.80. The number of methoxy groups -OCH3 is 1. The summed E-state index contributed by atoms with van der Waals surface area (Å²) in [6.45, 7) is 14.9. The van der Waals surface area contributed by atoms with Gasteiger partial charge in [-0.1, -0.05) is 27.7 Å². The number of esters is 1. The zero-order valence-electron chi connectivity index (χ0n) is 14.1. The number of likely N-dealkylation sites (N-methyl/N-ethyl adjacent to an activating group) is 1. The van der Waals surface area contributed by atoms with Crippen LogP contribution in [0.2, 0.25) is 0 Å². The van der Waals surface area contributed by atoms with Gasteiger partial charge in [0.15, 0.2) is 0 Å². The number of likely N-dealkylation sites (tertiary alicyclic amines) is 1. The molecule has 1 aliphatic heterocycles. The number of nitrogens with zero attached hydrogens (tertiary/aromatic N) is 1. The van der Waals surface area contributed by atoms with Crippen LogP contribution in [-0.2, 0) is 9.53 Å². The molecule has 1 rings (SSSR count). The molecule has 1 aliphatic rings. The van der Waals surface area contributed by atoms with Gasteiger partial charge in [0.1, 0.15) is 5.54 Å². The lowest BCUT2D eigenvalue weighted by Crippen LogP contribution is -2.51. The molecule has 4 heteroatoms. The molecule has 0 saturated carbocycles. The maximum absolute atomic E-state index is 11.9. The van der Waals surface area contributed by atoms with Crippen molar-refractivity contribution in [3.05, 3.63) is 0 Å². The van der Waals surface area contributed by atoms with Crippen LogP contribution < -0.4 is 5.32 Å². The number of carbonyl (C=O) groups is 1. The highest BCUT2D eigenvalue weighted by Gasteiger charge is 2.36. The monoisotopic (exact) mass is 284 g/mol. The van der Waals surface area contributed by atoms with Crippen molar-refractivity contribution in [1.82, 2.24) is 10.2 Å². The average Bonchev–Trinajstić information content (AvgIpc) is 2.84. The van der Waals surface area contributed by atoms with Crippen LogP contribution in [-0.4, -0.2) is 49.7 Å². The summed E-state index contributed by atoms with van der Waals surface area (Å²) in [7, 11) is 1.46. The van der Waals surface area contributed by atoms with Gasteiger partial charge in [-0.2, -0.15) is 0 Å². The highest BCUT2D eigenvalue weighted by Crippen LogP contribution is 2.33. The van der Waals surface area contributed by atoms with Crippen LogP contribution in [0, 0.1) is 11.3 Å². The van der Waals surface area contributed by atoms with Crippen LogP contribution in [0.3, 0.4) is 0 Å². The Kier molecular flexibility index (Phi) is 6.02. The Bertz CT molecular complexity index is 325. The molecule has 0 bridgehead atoms. The van der Waals surface area contributed by atoms with E-state index in [4.69, 9.17) is 4.74 Å². The molecule has 0 aromatic carbocycles. The van der Waals surface area contributed by atoms with Crippen LogP contribution in [0.25, 0.3) is 0 Å². The van der Waals surface area contributed by atoms with Crippen LogP contribution in [0.4, 0.5) is 0 Å². The van der Waals surface area contributed by atoms with E-state index in [2.05, 4.69) is 31.0 Å². The Hall–Kier alpha value is -0.610. The van der Waals surface area contributed by atoms with Gasteiger partial charge >= 0.3 is 5.97 Å². The molecular weight excluding hydrogens is 252 g/mol. The molecule has 1 saturated heterocycles. The SMILES string of the molecule is CCNC(C)(CCN1CCC(C(C)(C)C)C1)C(=O)OC. The van der Waals surface area contributed by atoms with E-state index in [9.17, 15) is 4.79 Å². The Labute approximate surface area is 124 Å². The predicted molar refractivity (Wildman–Crippen MR) is 82.7 cm³/mol. The second-order valence-corrected chi connectivity index (χ2v) is 7.26. The Balaban J connectivity index is 2.51. The van der Waals surface area contributed by atoms with Gasteiger partial charge < -0.3 is 15.0 Å². The molecular formula is C16H32N2O2. The number of hydrogen-bond donors (Lipinski definition) is 1. The minimum Gasteiger partial charge on any atom is -0.468 e. The minimum atomic E-state index is -0.566. The molecule has 0 spiro atoms. The third-order valence-corrected chi connectivity index (χ3v) is 4.63. The molecule has 118 valence electrons. The number of hydrogen-bond acceptors (Lipinski definition) is 4. The Morgan fingerprint density at radius 2 is 2.00 bits per heavy atom. The van der Waals surface area contributed by atoms with E-state index in [0.717, 1.165) is 38.5 Å². The summed E-state index contributed by atoms with van der Waals surface area (Å²) in [6.07, 6.45) is 2.06. The van der Waals surface area contributed by atoms with E-state index in [0.29, 0.717) is 5.41 Å². The fourth-order valence-electron chi connectivity index (χ4n) is 3.00. The summed E-state index contributed by atoms with van der Waals surface area (Å²) in [5.41, 5.74) is -0.189. The normalized spacial score (nSPS) is 23.6. The van der Waals surface area contributed by atoms with Gasteiger partial charge in [0.25, 0.3) is 0 Å². The minimum absolute atomic E-state index is 0.161. The van der Waals surface area contributed by atoms with Crippen molar-refractivity contribution >= 4 is 5.97 Å². The average molecular weight is 284 g/mol.